The van der Waals surface area contributed by atoms with E-state index in [1.807, 2.05) is 63.2 Å². The Hall–Kier alpha value is -2.60. The van der Waals surface area contributed by atoms with Crippen LogP contribution >= 0.6 is 12.2 Å². The lowest BCUT2D eigenvalue weighted by Gasteiger charge is -2.19. The fraction of sp³-hybridized carbons (Fsp3) is 0.333. The van der Waals surface area contributed by atoms with Crippen LogP contribution < -0.4 is 16.0 Å². The number of carbonyl (C=O) groups excluding carboxylic acids is 1. The molecule has 27 heavy (non-hydrogen) atoms. The van der Waals surface area contributed by atoms with E-state index in [1.54, 1.807) is 0 Å². The van der Waals surface area contributed by atoms with E-state index in [0.717, 1.165) is 18.5 Å². The molecule has 0 bridgehead atoms. The Bertz CT molecular complexity index is 758. The number of anilines is 1. The first-order chi connectivity index (χ1) is 12.8. The molecule has 0 atom stereocenters. The highest BCUT2D eigenvalue weighted by molar-refractivity contribution is 7.80. The van der Waals surface area contributed by atoms with Crippen LogP contribution in [0.3, 0.4) is 0 Å². The quantitative estimate of drug-likeness (QED) is 0.649. The van der Waals surface area contributed by atoms with Crippen molar-refractivity contribution in [2.45, 2.75) is 39.3 Å². The molecule has 1 amide bonds. The third-order valence-corrected chi connectivity index (χ3v) is 3.86. The van der Waals surface area contributed by atoms with Crippen LogP contribution in [0.25, 0.3) is 0 Å². The molecule has 6 heteroatoms. The molecule has 0 fully saturated rings. The summed E-state index contributed by atoms with van der Waals surface area (Å²) >= 11 is 5.32. The molecule has 0 spiro atoms. The minimum atomic E-state index is -0.527. The van der Waals surface area contributed by atoms with Crippen molar-refractivity contribution in [3.63, 3.8) is 0 Å². The molecule has 0 unspecified atom stereocenters. The zero-order valence-electron chi connectivity index (χ0n) is 16.0. The van der Waals surface area contributed by atoms with Crippen LogP contribution in [-0.4, -0.2) is 23.4 Å². The van der Waals surface area contributed by atoms with Crippen LogP contribution in [0.2, 0.25) is 0 Å². The van der Waals surface area contributed by atoms with Crippen LogP contribution in [-0.2, 0) is 17.7 Å². The Morgan fingerprint density at radius 2 is 1.70 bits per heavy atom. The van der Waals surface area contributed by atoms with Crippen molar-refractivity contribution < 1.29 is 9.53 Å². The van der Waals surface area contributed by atoms with Gasteiger partial charge in [0.2, 0.25) is 0 Å². The largest absolute Gasteiger partial charge is 0.444 e. The zero-order chi connectivity index (χ0) is 19.7. The molecule has 0 aromatic heterocycles. The predicted molar refractivity (Wildman–Crippen MR) is 114 cm³/mol. The molecule has 0 heterocycles. The second-order valence-corrected chi connectivity index (χ2v) is 7.58. The molecule has 2 aromatic rings. The molecular weight excluding hydrogens is 358 g/mol. The standard InChI is InChI=1S/C21H27N3O2S/c1-21(2,3)26-20(25)24-18-11-7-10-17(14-18)15-23-19(27)22-13-12-16-8-5-4-6-9-16/h4-11,14H,12-13,15H2,1-3H3,(H,24,25)(H2,22,23,27). The fourth-order valence-corrected chi connectivity index (χ4v) is 2.56. The van der Waals surface area contributed by atoms with Crippen molar-refractivity contribution in [1.29, 1.82) is 0 Å². The van der Waals surface area contributed by atoms with E-state index in [-0.39, 0.29) is 0 Å². The van der Waals surface area contributed by atoms with E-state index in [0.29, 0.717) is 17.3 Å². The van der Waals surface area contributed by atoms with Gasteiger partial charge in [-0.15, -0.1) is 0 Å². The van der Waals surface area contributed by atoms with Gasteiger partial charge >= 0.3 is 6.09 Å². The van der Waals surface area contributed by atoms with E-state index < -0.39 is 11.7 Å². The van der Waals surface area contributed by atoms with Gasteiger partial charge in [0.15, 0.2) is 5.11 Å². The average molecular weight is 386 g/mol. The summed E-state index contributed by atoms with van der Waals surface area (Å²) in [7, 11) is 0. The van der Waals surface area contributed by atoms with E-state index in [4.69, 9.17) is 17.0 Å². The monoisotopic (exact) mass is 385 g/mol. The molecule has 2 aromatic carbocycles. The number of carbonyl (C=O) groups is 1. The molecule has 0 radical (unpaired) electrons. The molecule has 0 saturated heterocycles. The third kappa shape index (κ3) is 8.55. The van der Waals surface area contributed by atoms with Crippen LogP contribution in [0.15, 0.2) is 54.6 Å². The van der Waals surface area contributed by atoms with Gasteiger partial charge in [-0.05, 0) is 62.7 Å². The maximum atomic E-state index is 11.9. The van der Waals surface area contributed by atoms with Crippen molar-refractivity contribution in [1.82, 2.24) is 10.6 Å². The second kappa shape index (κ2) is 9.92. The van der Waals surface area contributed by atoms with Gasteiger partial charge in [-0.1, -0.05) is 42.5 Å². The Morgan fingerprint density at radius 3 is 2.41 bits per heavy atom. The molecule has 0 aliphatic heterocycles. The SMILES string of the molecule is CC(C)(C)OC(=O)Nc1cccc(CNC(=S)NCCc2ccccc2)c1. The van der Waals surface area contributed by atoms with Crippen molar-refractivity contribution in [3.8, 4) is 0 Å². The predicted octanol–water partition coefficient (Wildman–Crippen LogP) is 4.24. The van der Waals surface area contributed by atoms with Gasteiger partial charge in [0.1, 0.15) is 5.60 Å². The molecule has 5 nitrogen and oxygen atoms in total. The lowest BCUT2D eigenvalue weighted by Crippen LogP contribution is -2.35. The first-order valence-corrected chi connectivity index (χ1v) is 9.37. The minimum Gasteiger partial charge on any atom is -0.444 e. The van der Waals surface area contributed by atoms with Crippen LogP contribution in [0.4, 0.5) is 10.5 Å². The van der Waals surface area contributed by atoms with E-state index in [9.17, 15) is 4.79 Å². The summed E-state index contributed by atoms with van der Waals surface area (Å²) in [6.45, 7) is 6.84. The maximum absolute atomic E-state index is 11.9. The second-order valence-electron chi connectivity index (χ2n) is 7.17. The molecule has 3 N–H and O–H groups in total. The normalized spacial score (nSPS) is 10.8. The lowest BCUT2D eigenvalue weighted by atomic mass is 10.1. The first kappa shape index (κ1) is 20.7. The molecule has 0 aliphatic carbocycles. The molecule has 0 saturated carbocycles. The van der Waals surface area contributed by atoms with Gasteiger partial charge in [0, 0.05) is 18.8 Å². The van der Waals surface area contributed by atoms with E-state index >= 15 is 0 Å². The van der Waals surface area contributed by atoms with Gasteiger partial charge in [-0.2, -0.15) is 0 Å². The van der Waals surface area contributed by atoms with Crippen molar-refractivity contribution >= 4 is 29.1 Å². The Morgan fingerprint density at radius 1 is 1.00 bits per heavy atom. The number of benzene rings is 2. The van der Waals surface area contributed by atoms with Gasteiger partial charge < -0.3 is 15.4 Å². The van der Waals surface area contributed by atoms with Crippen LogP contribution in [0, 0.1) is 0 Å². The minimum absolute atomic E-state index is 0.467. The van der Waals surface area contributed by atoms with Crippen LogP contribution in [0.5, 0.6) is 0 Å². The third-order valence-electron chi connectivity index (χ3n) is 3.57. The number of rotatable bonds is 6. The van der Waals surface area contributed by atoms with Crippen LogP contribution in [0.1, 0.15) is 31.9 Å². The maximum Gasteiger partial charge on any atom is 0.412 e. The number of thiocarbonyl (C=S) groups is 1. The molecular formula is C21H27N3O2S. The van der Waals surface area contributed by atoms with E-state index in [2.05, 4.69) is 28.1 Å². The highest BCUT2D eigenvalue weighted by Gasteiger charge is 2.16. The van der Waals surface area contributed by atoms with Gasteiger partial charge in [0.05, 0.1) is 0 Å². The summed E-state index contributed by atoms with van der Waals surface area (Å²) in [6.07, 6.45) is 0.448. The number of amides is 1. The first-order valence-electron chi connectivity index (χ1n) is 8.96. The van der Waals surface area contributed by atoms with E-state index in [1.165, 1.54) is 5.56 Å². The zero-order valence-corrected chi connectivity index (χ0v) is 16.9. The molecule has 144 valence electrons. The van der Waals surface area contributed by atoms with Gasteiger partial charge in [-0.3, -0.25) is 5.32 Å². The van der Waals surface area contributed by atoms with Gasteiger partial charge in [0.25, 0.3) is 0 Å². The number of hydrogen-bond donors (Lipinski definition) is 3. The van der Waals surface area contributed by atoms with Crippen molar-refractivity contribution in [2.24, 2.45) is 0 Å². The van der Waals surface area contributed by atoms with Crippen molar-refractivity contribution in [3.05, 3.63) is 65.7 Å². The summed E-state index contributed by atoms with van der Waals surface area (Å²) < 4.78 is 5.26. The van der Waals surface area contributed by atoms with Crippen molar-refractivity contribution in [2.75, 3.05) is 11.9 Å². The van der Waals surface area contributed by atoms with Gasteiger partial charge in [-0.25, -0.2) is 4.79 Å². The summed E-state index contributed by atoms with van der Waals surface area (Å²) in [5.41, 5.74) is 2.44. The summed E-state index contributed by atoms with van der Waals surface area (Å²) in [5.74, 6) is 0. The number of hydrogen-bond acceptors (Lipinski definition) is 3. The molecule has 2 rings (SSSR count). The Labute approximate surface area is 166 Å². The number of nitrogens with one attached hydrogen (secondary N) is 3. The lowest BCUT2D eigenvalue weighted by molar-refractivity contribution is 0.0636. The Kier molecular flexibility index (Phi) is 7.61. The highest BCUT2D eigenvalue weighted by Crippen LogP contribution is 2.13. The topological polar surface area (TPSA) is 62.4 Å². The summed E-state index contributed by atoms with van der Waals surface area (Å²) in [6, 6.07) is 17.8. The smallest absolute Gasteiger partial charge is 0.412 e. The number of ether oxygens (including phenoxy) is 1. The molecule has 0 aliphatic rings. The summed E-state index contributed by atoms with van der Waals surface area (Å²) in [4.78, 5) is 11.9. The summed E-state index contributed by atoms with van der Waals surface area (Å²) in [5, 5.41) is 9.73. The highest BCUT2D eigenvalue weighted by atomic mass is 32.1. The Balaban J connectivity index is 1.75. The average Bonchev–Trinajstić information content (AvgIpc) is 2.59. The fourth-order valence-electron chi connectivity index (χ4n) is 2.39.